The highest BCUT2D eigenvalue weighted by Crippen LogP contribution is 2.23. The van der Waals surface area contributed by atoms with Crippen LogP contribution >= 0.6 is 0 Å². The van der Waals surface area contributed by atoms with Gasteiger partial charge in [0.05, 0.1) is 0 Å². The molecule has 0 aromatic heterocycles. The summed E-state index contributed by atoms with van der Waals surface area (Å²) in [5, 5.41) is 0. The van der Waals surface area contributed by atoms with Crippen molar-refractivity contribution in [2.24, 2.45) is 0 Å². The van der Waals surface area contributed by atoms with E-state index in [0.29, 0.717) is 6.61 Å². The molecule has 1 aromatic rings. The van der Waals surface area contributed by atoms with E-state index in [4.69, 9.17) is 4.74 Å². The van der Waals surface area contributed by atoms with E-state index in [-0.39, 0.29) is 5.91 Å². The number of carbonyl (C=O) groups is 1. The smallest absolute Gasteiger partial charge is 0.254 e. The van der Waals surface area contributed by atoms with Gasteiger partial charge in [-0.2, -0.15) is 0 Å². The van der Waals surface area contributed by atoms with Crippen LogP contribution in [0.4, 0.5) is 0 Å². The molecule has 0 saturated carbocycles. The first-order valence-corrected chi connectivity index (χ1v) is 7.47. The average Bonchev–Trinajstić information content (AvgIpc) is 2.97. The maximum Gasteiger partial charge on any atom is 0.254 e. The minimum absolute atomic E-state index is 0.108. The molecule has 4 heteroatoms. The van der Waals surface area contributed by atoms with Crippen LogP contribution in [0.5, 0.6) is 5.75 Å². The van der Waals surface area contributed by atoms with Crippen molar-refractivity contribution < 1.29 is 9.53 Å². The second-order valence-electron chi connectivity index (χ2n) is 5.69. The van der Waals surface area contributed by atoms with Crippen molar-refractivity contribution in [3.63, 3.8) is 0 Å². The third kappa shape index (κ3) is 2.80. The van der Waals surface area contributed by atoms with E-state index in [1.54, 1.807) is 4.90 Å². The van der Waals surface area contributed by atoms with E-state index < -0.39 is 0 Å². The van der Waals surface area contributed by atoms with Crippen molar-refractivity contribution in [3.05, 3.63) is 29.3 Å². The molecule has 20 heavy (non-hydrogen) atoms. The highest BCUT2D eigenvalue weighted by molar-refractivity contribution is 5.97. The highest BCUT2D eigenvalue weighted by Gasteiger charge is 2.21. The Morgan fingerprint density at radius 1 is 1.20 bits per heavy atom. The van der Waals surface area contributed by atoms with Crippen molar-refractivity contribution in [2.75, 3.05) is 39.8 Å². The van der Waals surface area contributed by atoms with Gasteiger partial charge in [-0.1, -0.05) is 6.07 Å². The van der Waals surface area contributed by atoms with Crippen LogP contribution in [-0.2, 0) is 6.42 Å². The van der Waals surface area contributed by atoms with Crippen LogP contribution in [0.15, 0.2) is 18.2 Å². The molecule has 0 spiro atoms. The van der Waals surface area contributed by atoms with Crippen molar-refractivity contribution in [3.8, 4) is 5.75 Å². The number of likely N-dealkylation sites (tertiary alicyclic amines) is 1. The lowest BCUT2D eigenvalue weighted by atomic mass is 9.99. The Labute approximate surface area is 120 Å². The minimum atomic E-state index is 0.108. The molecule has 0 bridgehead atoms. The second-order valence-corrected chi connectivity index (χ2v) is 5.69. The number of fused-ring (bicyclic) bond motifs is 1. The maximum absolute atomic E-state index is 12.1. The number of benzene rings is 1. The van der Waals surface area contributed by atoms with Crippen LogP contribution < -0.4 is 4.74 Å². The van der Waals surface area contributed by atoms with Gasteiger partial charge in [-0.05, 0) is 50.0 Å². The third-order valence-electron chi connectivity index (χ3n) is 4.25. The number of amides is 1. The predicted octanol–water partition coefficient (Wildman–Crippen LogP) is 1.79. The van der Waals surface area contributed by atoms with Crippen molar-refractivity contribution in [2.45, 2.75) is 19.3 Å². The molecule has 0 atom stereocenters. The molecule has 1 amide bonds. The first-order valence-electron chi connectivity index (χ1n) is 7.47. The standard InChI is InChI=1S/C16H22N2O2/c1-17-9-6-13-4-5-14(12-15(13)16(17)19)20-11-10-18-7-2-3-8-18/h4-5,12H,2-3,6-11H2,1H3. The van der Waals surface area contributed by atoms with E-state index in [1.165, 1.54) is 25.9 Å². The van der Waals surface area contributed by atoms with Gasteiger partial charge in [0.2, 0.25) is 0 Å². The van der Waals surface area contributed by atoms with Crippen molar-refractivity contribution in [1.82, 2.24) is 9.80 Å². The van der Waals surface area contributed by atoms with Crippen LogP contribution in [0.1, 0.15) is 28.8 Å². The van der Waals surface area contributed by atoms with Gasteiger partial charge >= 0.3 is 0 Å². The fourth-order valence-corrected chi connectivity index (χ4v) is 2.96. The molecule has 2 aliphatic rings. The molecule has 0 unspecified atom stereocenters. The zero-order valence-corrected chi connectivity index (χ0v) is 12.1. The molecule has 4 nitrogen and oxygen atoms in total. The van der Waals surface area contributed by atoms with Crippen molar-refractivity contribution >= 4 is 5.91 Å². The summed E-state index contributed by atoms with van der Waals surface area (Å²) in [4.78, 5) is 16.3. The first-order chi connectivity index (χ1) is 9.74. The summed E-state index contributed by atoms with van der Waals surface area (Å²) in [6.45, 7) is 4.86. The average molecular weight is 274 g/mol. The number of ether oxygens (including phenoxy) is 1. The molecule has 2 aliphatic heterocycles. The summed E-state index contributed by atoms with van der Waals surface area (Å²) >= 11 is 0. The summed E-state index contributed by atoms with van der Waals surface area (Å²) in [5.74, 6) is 0.919. The van der Waals surface area contributed by atoms with Gasteiger partial charge in [-0.25, -0.2) is 0 Å². The van der Waals surface area contributed by atoms with Gasteiger partial charge in [0, 0.05) is 25.7 Å². The van der Waals surface area contributed by atoms with Gasteiger partial charge < -0.3 is 9.64 Å². The van der Waals surface area contributed by atoms with Crippen molar-refractivity contribution in [1.29, 1.82) is 0 Å². The molecule has 1 fully saturated rings. The number of rotatable bonds is 4. The second kappa shape index (κ2) is 5.83. The van der Waals surface area contributed by atoms with Crippen LogP contribution in [0.25, 0.3) is 0 Å². The fraction of sp³-hybridized carbons (Fsp3) is 0.562. The maximum atomic E-state index is 12.1. The van der Waals surface area contributed by atoms with E-state index in [0.717, 1.165) is 36.4 Å². The van der Waals surface area contributed by atoms with Gasteiger partial charge in [0.25, 0.3) is 5.91 Å². The Bertz CT molecular complexity index is 495. The number of hydrogen-bond donors (Lipinski definition) is 0. The monoisotopic (exact) mass is 274 g/mol. The molecular weight excluding hydrogens is 252 g/mol. The van der Waals surface area contributed by atoms with Crippen LogP contribution in [0, 0.1) is 0 Å². The minimum Gasteiger partial charge on any atom is -0.492 e. The molecule has 1 aromatic carbocycles. The molecule has 108 valence electrons. The van der Waals surface area contributed by atoms with Crippen LogP contribution in [0.2, 0.25) is 0 Å². The number of nitrogens with zero attached hydrogens (tertiary/aromatic N) is 2. The summed E-state index contributed by atoms with van der Waals surface area (Å²) < 4.78 is 5.81. The normalized spacial score (nSPS) is 19.2. The topological polar surface area (TPSA) is 32.8 Å². The fourth-order valence-electron chi connectivity index (χ4n) is 2.96. The van der Waals surface area contributed by atoms with E-state index in [2.05, 4.69) is 4.90 Å². The van der Waals surface area contributed by atoms with Crippen LogP contribution in [0.3, 0.4) is 0 Å². The lowest BCUT2D eigenvalue weighted by molar-refractivity contribution is 0.0780. The molecular formula is C16H22N2O2. The van der Waals surface area contributed by atoms with E-state index >= 15 is 0 Å². The zero-order valence-electron chi connectivity index (χ0n) is 12.1. The van der Waals surface area contributed by atoms with E-state index in [1.807, 2.05) is 25.2 Å². The van der Waals surface area contributed by atoms with E-state index in [9.17, 15) is 4.79 Å². The summed E-state index contributed by atoms with van der Waals surface area (Å²) in [6, 6.07) is 5.92. The molecule has 0 N–H and O–H groups in total. The summed E-state index contributed by atoms with van der Waals surface area (Å²) in [7, 11) is 1.85. The molecule has 0 aliphatic carbocycles. The summed E-state index contributed by atoms with van der Waals surface area (Å²) in [5.41, 5.74) is 1.94. The zero-order chi connectivity index (χ0) is 13.9. The van der Waals surface area contributed by atoms with Gasteiger partial charge in [0.15, 0.2) is 0 Å². The van der Waals surface area contributed by atoms with Gasteiger partial charge in [0.1, 0.15) is 12.4 Å². The third-order valence-corrected chi connectivity index (χ3v) is 4.25. The predicted molar refractivity (Wildman–Crippen MR) is 78.3 cm³/mol. The van der Waals surface area contributed by atoms with Gasteiger partial charge in [-0.15, -0.1) is 0 Å². The largest absolute Gasteiger partial charge is 0.492 e. The Morgan fingerprint density at radius 2 is 2.00 bits per heavy atom. The number of likely N-dealkylation sites (N-methyl/N-ethyl adjacent to an activating group) is 1. The Kier molecular flexibility index (Phi) is 3.92. The molecule has 0 radical (unpaired) electrons. The lowest BCUT2D eigenvalue weighted by Crippen LogP contribution is -2.34. The molecule has 1 saturated heterocycles. The highest BCUT2D eigenvalue weighted by atomic mass is 16.5. The number of carbonyl (C=O) groups excluding carboxylic acids is 1. The molecule has 2 heterocycles. The quantitative estimate of drug-likeness (QED) is 0.839. The number of hydrogen-bond acceptors (Lipinski definition) is 3. The van der Waals surface area contributed by atoms with Crippen LogP contribution in [-0.4, -0.2) is 55.5 Å². The Morgan fingerprint density at radius 3 is 2.80 bits per heavy atom. The Balaban J connectivity index is 1.61. The van der Waals surface area contributed by atoms with Gasteiger partial charge in [-0.3, -0.25) is 9.69 Å². The SMILES string of the molecule is CN1CCc2ccc(OCCN3CCCC3)cc2C1=O. The summed E-state index contributed by atoms with van der Waals surface area (Å²) in [6.07, 6.45) is 3.55. The first kappa shape index (κ1) is 13.4. The Hall–Kier alpha value is -1.55. The lowest BCUT2D eigenvalue weighted by Gasteiger charge is -2.25. The molecule has 3 rings (SSSR count).